The fourth-order valence-corrected chi connectivity index (χ4v) is 1.75. The lowest BCUT2D eigenvalue weighted by atomic mass is 10.0. The Bertz CT molecular complexity index is 644. The zero-order chi connectivity index (χ0) is 16.7. The summed E-state index contributed by atoms with van der Waals surface area (Å²) in [5, 5.41) is 4.52. The number of carbonyl (C=O) groups is 1. The van der Waals surface area contributed by atoms with Gasteiger partial charge in [0.1, 0.15) is 0 Å². The van der Waals surface area contributed by atoms with Gasteiger partial charge in [-0.15, -0.1) is 0 Å². The lowest BCUT2D eigenvalue weighted by Crippen LogP contribution is -2.16. The highest BCUT2D eigenvalue weighted by atomic mass is 16.7. The van der Waals surface area contributed by atoms with Crippen molar-refractivity contribution in [3.05, 3.63) is 59.7 Å². The third kappa shape index (κ3) is 4.39. The van der Waals surface area contributed by atoms with Crippen molar-refractivity contribution in [1.82, 2.24) is 0 Å². The Kier molecular flexibility index (Phi) is 6.22. The van der Waals surface area contributed by atoms with Crippen molar-refractivity contribution in [3.63, 3.8) is 0 Å². The van der Waals surface area contributed by atoms with Crippen LogP contribution in [0.1, 0.15) is 29.8 Å². The number of nitrogens with zero attached hydrogens (tertiary/aromatic N) is 2. The Labute approximate surface area is 130 Å². The van der Waals surface area contributed by atoms with E-state index >= 15 is 0 Å². The summed E-state index contributed by atoms with van der Waals surface area (Å²) in [6, 6.07) is 5.07. The van der Waals surface area contributed by atoms with Crippen LogP contribution >= 0.6 is 0 Å². The predicted octanol–water partition coefficient (Wildman–Crippen LogP) is 3.63. The molecule has 3 N–H and O–H groups in total. The van der Waals surface area contributed by atoms with Gasteiger partial charge < -0.3 is 4.84 Å². The summed E-state index contributed by atoms with van der Waals surface area (Å²) in [7, 11) is 1.55. The molecule has 1 aromatic rings. The molecule has 6 nitrogen and oxygen atoms in total. The summed E-state index contributed by atoms with van der Waals surface area (Å²) in [6.07, 6.45) is 5.69. The number of anilines is 1. The van der Waals surface area contributed by atoms with Crippen molar-refractivity contribution < 1.29 is 9.63 Å². The topological polar surface area (TPSA) is 91.8 Å². The molecule has 116 valence electrons. The molecule has 6 heteroatoms. The summed E-state index contributed by atoms with van der Waals surface area (Å²) in [5.74, 6) is 4.26. The maximum absolute atomic E-state index is 11.8. The van der Waals surface area contributed by atoms with Gasteiger partial charge in [-0.25, -0.2) is 9.80 Å². The number of hydrogen-bond donors (Lipinski definition) is 2. The standard InChI is InChI=1S/C16H20N4O2/c1-11(2)6-5-7-12(3)13-8-9-15(20(4)19-17)14(10-13)16(21)22-18/h5-10,17H,3,18H2,1-2,4H3/b7-5-,19-17?. The highest BCUT2D eigenvalue weighted by Crippen LogP contribution is 2.25. The first-order chi connectivity index (χ1) is 10.4. The molecule has 0 radical (unpaired) electrons. The molecule has 1 rings (SSSR count). The predicted molar refractivity (Wildman–Crippen MR) is 87.2 cm³/mol. The number of carbonyl (C=O) groups excluding carboxylic acids is 1. The molecule has 0 saturated carbocycles. The number of benzene rings is 1. The van der Waals surface area contributed by atoms with E-state index in [9.17, 15) is 4.79 Å². The normalized spacial score (nSPS) is 10.2. The molecule has 0 aliphatic rings. The van der Waals surface area contributed by atoms with Crippen LogP contribution < -0.4 is 10.9 Å². The molecular formula is C16H20N4O2. The zero-order valence-electron chi connectivity index (χ0n) is 13.0. The number of allylic oxidation sites excluding steroid dienone is 5. The molecule has 0 amide bonds. The summed E-state index contributed by atoms with van der Waals surface area (Å²) < 4.78 is 0. The molecular weight excluding hydrogens is 280 g/mol. The Hall–Kier alpha value is -2.73. The molecule has 0 heterocycles. The Balaban J connectivity index is 3.21. The second-order valence-corrected chi connectivity index (χ2v) is 4.89. The van der Waals surface area contributed by atoms with E-state index in [1.165, 1.54) is 10.6 Å². The van der Waals surface area contributed by atoms with E-state index < -0.39 is 5.97 Å². The number of nitrogens with two attached hydrogens (primary N) is 1. The van der Waals surface area contributed by atoms with Gasteiger partial charge in [-0.1, -0.05) is 41.7 Å². The quantitative estimate of drug-likeness (QED) is 0.476. The van der Waals surface area contributed by atoms with Crippen LogP contribution in [0.3, 0.4) is 0 Å². The van der Waals surface area contributed by atoms with Crippen molar-refractivity contribution in [1.29, 1.82) is 5.53 Å². The molecule has 0 saturated heterocycles. The van der Waals surface area contributed by atoms with Gasteiger partial charge in [0.15, 0.2) is 0 Å². The Morgan fingerprint density at radius 1 is 1.45 bits per heavy atom. The molecule has 0 aromatic heterocycles. The van der Waals surface area contributed by atoms with Crippen LogP contribution in [-0.2, 0) is 4.84 Å². The van der Waals surface area contributed by atoms with Crippen LogP contribution in [0, 0.1) is 5.53 Å². The monoisotopic (exact) mass is 300 g/mol. The van der Waals surface area contributed by atoms with E-state index in [-0.39, 0.29) is 5.56 Å². The number of rotatable bonds is 6. The van der Waals surface area contributed by atoms with Crippen molar-refractivity contribution in [3.8, 4) is 0 Å². The Morgan fingerprint density at radius 3 is 2.68 bits per heavy atom. The third-order valence-corrected chi connectivity index (χ3v) is 2.92. The number of hydrogen-bond acceptors (Lipinski definition) is 5. The average Bonchev–Trinajstić information content (AvgIpc) is 2.52. The van der Waals surface area contributed by atoms with Crippen LogP contribution in [0.25, 0.3) is 5.57 Å². The second kappa shape index (κ2) is 7.90. The van der Waals surface area contributed by atoms with E-state index in [4.69, 9.17) is 11.4 Å². The van der Waals surface area contributed by atoms with Gasteiger partial charge in [-0.2, -0.15) is 11.4 Å². The fraction of sp³-hybridized carbons (Fsp3) is 0.188. The van der Waals surface area contributed by atoms with Crippen LogP contribution in [0.4, 0.5) is 5.69 Å². The minimum atomic E-state index is -0.701. The average molecular weight is 300 g/mol. The minimum Gasteiger partial charge on any atom is -0.370 e. The zero-order valence-corrected chi connectivity index (χ0v) is 13.0. The van der Waals surface area contributed by atoms with Gasteiger partial charge in [-0.05, 0) is 37.1 Å². The van der Waals surface area contributed by atoms with Crippen LogP contribution in [0.15, 0.2) is 53.8 Å². The highest BCUT2D eigenvalue weighted by molar-refractivity contribution is 5.97. The van der Waals surface area contributed by atoms with Crippen molar-refractivity contribution >= 4 is 17.2 Å². The van der Waals surface area contributed by atoms with Crippen molar-refractivity contribution in [2.75, 3.05) is 12.1 Å². The van der Waals surface area contributed by atoms with E-state index in [1.54, 1.807) is 25.2 Å². The maximum Gasteiger partial charge on any atom is 0.358 e. The van der Waals surface area contributed by atoms with Crippen molar-refractivity contribution in [2.45, 2.75) is 13.8 Å². The minimum absolute atomic E-state index is 0.218. The van der Waals surface area contributed by atoms with Gasteiger partial charge in [-0.3, -0.25) is 0 Å². The van der Waals surface area contributed by atoms with E-state index in [0.717, 1.165) is 11.1 Å². The first-order valence-corrected chi connectivity index (χ1v) is 6.57. The van der Waals surface area contributed by atoms with Crippen molar-refractivity contribution in [2.24, 2.45) is 11.1 Å². The van der Waals surface area contributed by atoms with E-state index in [0.29, 0.717) is 5.69 Å². The van der Waals surface area contributed by atoms with Gasteiger partial charge >= 0.3 is 5.97 Å². The van der Waals surface area contributed by atoms with E-state index in [2.05, 4.69) is 16.6 Å². The van der Waals surface area contributed by atoms with Crippen LogP contribution in [0.5, 0.6) is 0 Å². The molecule has 0 spiro atoms. The van der Waals surface area contributed by atoms with Gasteiger partial charge in [0.25, 0.3) is 0 Å². The summed E-state index contributed by atoms with van der Waals surface area (Å²) in [5.41, 5.74) is 10.3. The fourth-order valence-electron chi connectivity index (χ4n) is 1.75. The maximum atomic E-state index is 11.8. The van der Waals surface area contributed by atoms with Crippen LogP contribution in [0.2, 0.25) is 0 Å². The summed E-state index contributed by atoms with van der Waals surface area (Å²) >= 11 is 0. The first kappa shape index (κ1) is 17.3. The molecule has 0 unspecified atom stereocenters. The van der Waals surface area contributed by atoms with E-state index in [1.807, 2.05) is 32.1 Å². The molecule has 0 bridgehead atoms. The SMILES string of the molecule is C=C(/C=C\C=C(C)C)c1ccc(N(C)N=N)c(C(=O)ON)c1. The lowest BCUT2D eigenvalue weighted by Gasteiger charge is -2.15. The third-order valence-electron chi connectivity index (χ3n) is 2.92. The molecule has 0 aliphatic carbocycles. The molecule has 0 aliphatic heterocycles. The number of nitrogens with one attached hydrogen (secondary N) is 1. The van der Waals surface area contributed by atoms with Gasteiger partial charge in [0.05, 0.1) is 11.3 Å². The molecule has 0 fully saturated rings. The second-order valence-electron chi connectivity index (χ2n) is 4.89. The van der Waals surface area contributed by atoms with Crippen LogP contribution in [-0.4, -0.2) is 13.0 Å². The first-order valence-electron chi connectivity index (χ1n) is 6.57. The summed E-state index contributed by atoms with van der Waals surface area (Å²) in [6.45, 7) is 7.96. The molecule has 0 atom stereocenters. The highest BCUT2D eigenvalue weighted by Gasteiger charge is 2.16. The summed E-state index contributed by atoms with van der Waals surface area (Å²) in [4.78, 5) is 16.1. The largest absolute Gasteiger partial charge is 0.370 e. The molecule has 1 aromatic carbocycles. The van der Waals surface area contributed by atoms with Gasteiger partial charge in [0, 0.05) is 7.05 Å². The Morgan fingerprint density at radius 2 is 2.14 bits per heavy atom. The van der Waals surface area contributed by atoms with Gasteiger partial charge in [0.2, 0.25) is 0 Å². The smallest absolute Gasteiger partial charge is 0.358 e. The lowest BCUT2D eigenvalue weighted by molar-refractivity contribution is 0.0504. The molecule has 22 heavy (non-hydrogen) atoms.